The van der Waals surface area contributed by atoms with Crippen molar-refractivity contribution in [2.45, 2.75) is 19.4 Å². The molecule has 1 aromatic carbocycles. The number of nitriles is 1. The molecule has 0 unspecified atom stereocenters. The van der Waals surface area contributed by atoms with E-state index in [2.05, 4.69) is 4.99 Å². The highest BCUT2D eigenvalue weighted by atomic mass is 32.2. The fourth-order valence-electron chi connectivity index (χ4n) is 3.28. The molecule has 8 nitrogen and oxygen atoms in total. The maximum Gasteiger partial charge on any atom is 0.271 e. The Bertz CT molecular complexity index is 1160. The number of aromatic nitrogens is 1. The van der Waals surface area contributed by atoms with Crippen LogP contribution < -0.4 is 10.3 Å². The summed E-state index contributed by atoms with van der Waals surface area (Å²) in [6.07, 6.45) is 1.55. The fourth-order valence-corrected chi connectivity index (χ4v) is 4.98. The van der Waals surface area contributed by atoms with Crippen LogP contribution >= 0.6 is 0 Å². The normalized spacial score (nSPS) is 18.2. The van der Waals surface area contributed by atoms with Gasteiger partial charge in [0, 0.05) is 6.21 Å². The number of aromatic hydroxyl groups is 1. The average Bonchev–Trinajstić information content (AvgIpc) is 3.01. The first-order valence-electron chi connectivity index (χ1n) is 8.54. The van der Waals surface area contributed by atoms with Crippen molar-refractivity contribution in [1.82, 2.24) is 4.57 Å². The molecule has 1 N–H and O–H groups in total. The van der Waals surface area contributed by atoms with Crippen molar-refractivity contribution in [2.75, 3.05) is 18.6 Å². The summed E-state index contributed by atoms with van der Waals surface area (Å²) in [6, 6.07) is 8.14. The summed E-state index contributed by atoms with van der Waals surface area (Å²) in [6.45, 7) is 1.54. The molecule has 3 rings (SSSR count). The van der Waals surface area contributed by atoms with Crippen molar-refractivity contribution in [3.05, 3.63) is 51.3 Å². The first kappa shape index (κ1) is 19.6. The summed E-state index contributed by atoms with van der Waals surface area (Å²) in [5.41, 5.74) is 0.119. The second kappa shape index (κ2) is 7.48. The topological polar surface area (TPSA) is 122 Å². The minimum absolute atomic E-state index is 0.0655. The quantitative estimate of drug-likeness (QED) is 0.780. The Kier molecular flexibility index (Phi) is 5.25. The van der Waals surface area contributed by atoms with E-state index in [1.807, 2.05) is 6.07 Å². The molecule has 0 saturated carbocycles. The number of ether oxygens (including phenoxy) is 1. The first-order chi connectivity index (χ1) is 13.3. The number of rotatable bonds is 4. The Morgan fingerprint density at radius 3 is 2.71 bits per heavy atom. The van der Waals surface area contributed by atoms with E-state index in [1.165, 1.54) is 13.3 Å². The van der Waals surface area contributed by atoms with Crippen LogP contribution in [0.4, 0.5) is 5.69 Å². The van der Waals surface area contributed by atoms with Crippen molar-refractivity contribution in [2.24, 2.45) is 4.99 Å². The summed E-state index contributed by atoms with van der Waals surface area (Å²) in [5, 5.41) is 20.2. The van der Waals surface area contributed by atoms with E-state index < -0.39 is 27.3 Å². The van der Waals surface area contributed by atoms with Gasteiger partial charge in [0.25, 0.3) is 5.56 Å². The Morgan fingerprint density at radius 2 is 2.11 bits per heavy atom. The Morgan fingerprint density at radius 1 is 1.39 bits per heavy atom. The fraction of sp³-hybridized carbons (Fsp3) is 0.316. The van der Waals surface area contributed by atoms with Gasteiger partial charge in [0.2, 0.25) is 5.88 Å². The maximum absolute atomic E-state index is 12.7. The second-order valence-electron chi connectivity index (χ2n) is 6.51. The molecule has 1 aliphatic heterocycles. The van der Waals surface area contributed by atoms with Gasteiger partial charge in [-0.3, -0.25) is 14.4 Å². The summed E-state index contributed by atoms with van der Waals surface area (Å²) >= 11 is 0. The minimum Gasteiger partial charge on any atom is -0.494 e. The molecule has 0 amide bonds. The zero-order chi connectivity index (χ0) is 20.5. The van der Waals surface area contributed by atoms with Gasteiger partial charge in [-0.15, -0.1) is 0 Å². The molecule has 1 aromatic heterocycles. The second-order valence-corrected chi connectivity index (χ2v) is 8.74. The molecule has 0 radical (unpaired) electrons. The zero-order valence-corrected chi connectivity index (χ0v) is 16.2. The zero-order valence-electron chi connectivity index (χ0n) is 15.4. The van der Waals surface area contributed by atoms with Gasteiger partial charge in [0.15, 0.2) is 9.84 Å². The number of nitrogens with zero attached hydrogens (tertiary/aromatic N) is 3. The third-order valence-electron chi connectivity index (χ3n) is 4.78. The van der Waals surface area contributed by atoms with Crippen molar-refractivity contribution in [3.63, 3.8) is 0 Å². The Hall–Kier alpha value is -3.12. The van der Waals surface area contributed by atoms with Gasteiger partial charge in [-0.05, 0) is 31.0 Å². The monoisotopic (exact) mass is 401 g/mol. The van der Waals surface area contributed by atoms with Crippen LogP contribution in [0.1, 0.15) is 29.2 Å². The number of pyridine rings is 1. The summed E-state index contributed by atoms with van der Waals surface area (Å²) in [5.74, 6) is -0.199. The van der Waals surface area contributed by atoms with Crippen LogP contribution in [0.2, 0.25) is 0 Å². The summed E-state index contributed by atoms with van der Waals surface area (Å²) in [4.78, 5) is 17.0. The highest BCUT2D eigenvalue weighted by Gasteiger charge is 2.33. The molecule has 2 heterocycles. The third-order valence-corrected chi connectivity index (χ3v) is 6.53. The summed E-state index contributed by atoms with van der Waals surface area (Å²) < 4.78 is 29.9. The molecular formula is C19H19N3O5S. The standard InChI is InChI=1S/C19H19N3O5S/c1-12-14(9-20)18(23)22(13-7-8-28(25,26)11-13)19(24)15(12)10-21-16-5-3-4-6-17(16)27-2/h3-6,10,13,24H,7-8,11H2,1-2H3/t13-/m1/s1. The number of para-hydroxylation sites is 2. The first-order valence-corrected chi connectivity index (χ1v) is 10.4. The lowest BCUT2D eigenvalue weighted by atomic mass is 10.0. The van der Waals surface area contributed by atoms with Crippen LogP contribution in [-0.2, 0) is 9.84 Å². The van der Waals surface area contributed by atoms with E-state index in [0.717, 1.165) is 4.57 Å². The number of benzene rings is 1. The van der Waals surface area contributed by atoms with Gasteiger partial charge >= 0.3 is 0 Å². The third kappa shape index (κ3) is 3.51. The molecule has 2 aromatic rings. The molecule has 0 bridgehead atoms. The largest absolute Gasteiger partial charge is 0.494 e. The maximum atomic E-state index is 12.7. The van der Waals surface area contributed by atoms with Gasteiger partial charge in [-0.1, -0.05) is 12.1 Å². The molecule has 1 aliphatic rings. The highest BCUT2D eigenvalue weighted by molar-refractivity contribution is 7.91. The van der Waals surface area contributed by atoms with Crippen LogP contribution in [-0.4, -0.2) is 42.9 Å². The van der Waals surface area contributed by atoms with Crippen LogP contribution in [0.25, 0.3) is 0 Å². The highest BCUT2D eigenvalue weighted by Crippen LogP contribution is 2.31. The van der Waals surface area contributed by atoms with Crippen molar-refractivity contribution < 1.29 is 18.3 Å². The van der Waals surface area contributed by atoms with Crippen molar-refractivity contribution in [1.29, 1.82) is 5.26 Å². The van der Waals surface area contributed by atoms with Gasteiger partial charge in [-0.2, -0.15) is 5.26 Å². The van der Waals surface area contributed by atoms with Crippen LogP contribution in [0.5, 0.6) is 11.6 Å². The van der Waals surface area contributed by atoms with E-state index in [9.17, 15) is 23.6 Å². The number of hydrogen-bond donors (Lipinski definition) is 1. The minimum atomic E-state index is -3.29. The van der Waals surface area contributed by atoms with Crippen LogP contribution in [0, 0.1) is 18.3 Å². The van der Waals surface area contributed by atoms with E-state index in [-0.39, 0.29) is 34.6 Å². The van der Waals surface area contributed by atoms with E-state index in [4.69, 9.17) is 4.74 Å². The van der Waals surface area contributed by atoms with Gasteiger partial charge in [-0.25, -0.2) is 8.42 Å². The number of hydrogen-bond acceptors (Lipinski definition) is 7. The lowest BCUT2D eigenvalue weighted by Gasteiger charge is -2.18. The molecule has 1 saturated heterocycles. The lowest BCUT2D eigenvalue weighted by Crippen LogP contribution is -2.29. The SMILES string of the molecule is COc1ccccc1N=Cc1c(C)c(C#N)c(=O)n([C@@H]2CCS(=O)(=O)C2)c1O. The lowest BCUT2D eigenvalue weighted by molar-refractivity contribution is 0.379. The van der Waals surface area contributed by atoms with Crippen molar-refractivity contribution in [3.8, 4) is 17.7 Å². The summed E-state index contributed by atoms with van der Waals surface area (Å²) in [7, 11) is -1.78. The van der Waals surface area contributed by atoms with E-state index in [0.29, 0.717) is 11.4 Å². The average molecular weight is 401 g/mol. The molecule has 0 aliphatic carbocycles. The number of sulfone groups is 1. The smallest absolute Gasteiger partial charge is 0.271 e. The molecular weight excluding hydrogens is 382 g/mol. The number of methoxy groups -OCH3 is 1. The molecule has 9 heteroatoms. The van der Waals surface area contributed by atoms with Gasteiger partial charge < -0.3 is 9.84 Å². The van der Waals surface area contributed by atoms with E-state index in [1.54, 1.807) is 31.2 Å². The van der Waals surface area contributed by atoms with Crippen LogP contribution in [0.3, 0.4) is 0 Å². The Balaban J connectivity index is 2.17. The molecule has 1 fully saturated rings. The van der Waals surface area contributed by atoms with Gasteiger partial charge in [0.1, 0.15) is 23.1 Å². The molecule has 28 heavy (non-hydrogen) atoms. The predicted molar refractivity (Wildman–Crippen MR) is 104 cm³/mol. The van der Waals surface area contributed by atoms with Crippen LogP contribution in [0.15, 0.2) is 34.1 Å². The van der Waals surface area contributed by atoms with E-state index >= 15 is 0 Å². The van der Waals surface area contributed by atoms with Gasteiger partial charge in [0.05, 0.1) is 30.2 Å². The Labute approximate surface area is 162 Å². The molecule has 146 valence electrons. The molecule has 0 spiro atoms. The number of aliphatic imine (C=N–C) groups is 1. The molecule has 1 atom stereocenters. The van der Waals surface area contributed by atoms with Crippen molar-refractivity contribution >= 4 is 21.7 Å². The predicted octanol–water partition coefficient (Wildman–Crippen LogP) is 1.85.